The highest BCUT2D eigenvalue weighted by atomic mass is 19.1. The summed E-state index contributed by atoms with van der Waals surface area (Å²) in [5, 5.41) is 2.74. The Hall–Kier alpha value is -2.30. The molecule has 1 aromatic heterocycles. The summed E-state index contributed by atoms with van der Waals surface area (Å²) in [6.45, 7) is 3.89. The van der Waals surface area contributed by atoms with Gasteiger partial charge >= 0.3 is 0 Å². The molecule has 0 aliphatic carbocycles. The molecule has 5 heteroatoms. The molecule has 0 saturated carbocycles. The van der Waals surface area contributed by atoms with E-state index in [0.717, 1.165) is 11.3 Å². The van der Waals surface area contributed by atoms with E-state index >= 15 is 0 Å². The molecule has 1 aromatic carbocycles. The molecule has 0 aliphatic rings. The van der Waals surface area contributed by atoms with Crippen LogP contribution in [0.1, 0.15) is 27.6 Å². The lowest BCUT2D eigenvalue weighted by atomic mass is 10.2. The van der Waals surface area contributed by atoms with E-state index in [-0.39, 0.29) is 11.7 Å². The second kappa shape index (κ2) is 5.56. The Labute approximate surface area is 110 Å². The monoisotopic (exact) mass is 259 g/mol. The molecule has 1 amide bonds. The summed E-state index contributed by atoms with van der Waals surface area (Å²) < 4.78 is 12.7. The minimum Gasteiger partial charge on any atom is -0.347 e. The molecule has 0 aliphatic heterocycles. The lowest BCUT2D eigenvalue weighted by Gasteiger charge is -2.06. The first kappa shape index (κ1) is 13.1. The maximum atomic E-state index is 12.7. The molecule has 98 valence electrons. The zero-order valence-electron chi connectivity index (χ0n) is 10.8. The van der Waals surface area contributed by atoms with E-state index in [1.165, 1.54) is 12.1 Å². The number of halogens is 1. The number of hydrogen-bond donors (Lipinski definition) is 1. The van der Waals surface area contributed by atoms with Crippen LogP contribution in [-0.4, -0.2) is 15.9 Å². The van der Waals surface area contributed by atoms with Gasteiger partial charge in [0.2, 0.25) is 0 Å². The fourth-order valence-corrected chi connectivity index (χ4v) is 1.71. The van der Waals surface area contributed by atoms with Crippen molar-refractivity contribution in [2.45, 2.75) is 20.4 Å². The predicted molar refractivity (Wildman–Crippen MR) is 69.1 cm³/mol. The third-order valence-electron chi connectivity index (χ3n) is 2.56. The van der Waals surface area contributed by atoms with Crippen LogP contribution in [-0.2, 0) is 6.54 Å². The van der Waals surface area contributed by atoms with Gasteiger partial charge in [0.1, 0.15) is 17.3 Å². The number of benzene rings is 1. The zero-order chi connectivity index (χ0) is 13.8. The Bertz CT molecular complexity index is 576. The van der Waals surface area contributed by atoms with Gasteiger partial charge in [-0.25, -0.2) is 14.4 Å². The van der Waals surface area contributed by atoms with Crippen molar-refractivity contribution in [1.29, 1.82) is 0 Å². The number of rotatable bonds is 3. The maximum Gasteiger partial charge on any atom is 0.270 e. The van der Waals surface area contributed by atoms with Crippen molar-refractivity contribution >= 4 is 5.91 Å². The van der Waals surface area contributed by atoms with Gasteiger partial charge in [-0.2, -0.15) is 0 Å². The summed E-state index contributed by atoms with van der Waals surface area (Å²) in [5.74, 6) is 0.00184. The number of nitrogens with zero attached hydrogens (tertiary/aromatic N) is 2. The van der Waals surface area contributed by atoms with Gasteiger partial charge in [-0.05, 0) is 37.6 Å². The van der Waals surface area contributed by atoms with Gasteiger partial charge in [0.25, 0.3) is 5.91 Å². The van der Waals surface area contributed by atoms with Gasteiger partial charge in [-0.3, -0.25) is 4.79 Å². The standard InChI is InChI=1S/C14H14FN3O/c1-9-7-13(18-10(2)17-9)14(19)16-8-11-3-5-12(15)6-4-11/h3-7H,8H2,1-2H3,(H,16,19). The van der Waals surface area contributed by atoms with Crippen LogP contribution in [0.25, 0.3) is 0 Å². The molecule has 0 saturated heterocycles. The number of amides is 1. The first-order valence-corrected chi connectivity index (χ1v) is 5.89. The van der Waals surface area contributed by atoms with E-state index in [4.69, 9.17) is 0 Å². The van der Waals surface area contributed by atoms with E-state index in [1.807, 2.05) is 6.92 Å². The van der Waals surface area contributed by atoms with Crippen molar-refractivity contribution in [2.75, 3.05) is 0 Å². The zero-order valence-corrected chi connectivity index (χ0v) is 10.8. The summed E-state index contributed by atoms with van der Waals surface area (Å²) in [4.78, 5) is 20.1. The summed E-state index contributed by atoms with van der Waals surface area (Å²) in [6.07, 6.45) is 0. The molecule has 2 aromatic rings. The lowest BCUT2D eigenvalue weighted by molar-refractivity contribution is 0.0945. The third kappa shape index (κ3) is 3.58. The molecule has 1 heterocycles. The largest absolute Gasteiger partial charge is 0.347 e. The van der Waals surface area contributed by atoms with Crippen LogP contribution in [0.5, 0.6) is 0 Å². The van der Waals surface area contributed by atoms with Crippen molar-refractivity contribution in [3.63, 3.8) is 0 Å². The van der Waals surface area contributed by atoms with Gasteiger partial charge in [0.15, 0.2) is 0 Å². The van der Waals surface area contributed by atoms with Crippen molar-refractivity contribution in [3.05, 3.63) is 58.9 Å². The van der Waals surface area contributed by atoms with Gasteiger partial charge in [-0.1, -0.05) is 12.1 Å². The second-order valence-electron chi connectivity index (χ2n) is 4.25. The van der Waals surface area contributed by atoms with Gasteiger partial charge in [0, 0.05) is 12.2 Å². The predicted octanol–water partition coefficient (Wildman–Crippen LogP) is 2.16. The Morgan fingerprint density at radius 1 is 1.21 bits per heavy atom. The van der Waals surface area contributed by atoms with Gasteiger partial charge in [0.05, 0.1) is 0 Å². The number of hydrogen-bond acceptors (Lipinski definition) is 3. The molecule has 0 unspecified atom stereocenters. The van der Waals surface area contributed by atoms with E-state index < -0.39 is 0 Å². The van der Waals surface area contributed by atoms with Crippen LogP contribution in [0, 0.1) is 19.7 Å². The molecule has 2 rings (SSSR count). The van der Waals surface area contributed by atoms with E-state index in [0.29, 0.717) is 18.1 Å². The Kier molecular flexibility index (Phi) is 3.85. The van der Waals surface area contributed by atoms with Crippen LogP contribution in [0.15, 0.2) is 30.3 Å². The normalized spacial score (nSPS) is 10.3. The average Bonchev–Trinajstić information content (AvgIpc) is 2.36. The molecule has 0 atom stereocenters. The molecule has 1 N–H and O–H groups in total. The highest BCUT2D eigenvalue weighted by Crippen LogP contribution is 2.04. The van der Waals surface area contributed by atoms with Crippen molar-refractivity contribution < 1.29 is 9.18 Å². The van der Waals surface area contributed by atoms with Gasteiger partial charge < -0.3 is 5.32 Å². The molecule has 0 bridgehead atoms. The lowest BCUT2D eigenvalue weighted by Crippen LogP contribution is -2.24. The molecular weight excluding hydrogens is 245 g/mol. The highest BCUT2D eigenvalue weighted by molar-refractivity contribution is 5.92. The number of aromatic nitrogens is 2. The maximum absolute atomic E-state index is 12.7. The summed E-state index contributed by atoms with van der Waals surface area (Å²) in [5.41, 5.74) is 1.92. The average molecular weight is 259 g/mol. The van der Waals surface area contributed by atoms with E-state index in [1.54, 1.807) is 25.1 Å². The highest BCUT2D eigenvalue weighted by Gasteiger charge is 2.08. The van der Waals surface area contributed by atoms with Crippen LogP contribution in [0.2, 0.25) is 0 Å². The second-order valence-corrected chi connectivity index (χ2v) is 4.25. The fraction of sp³-hybridized carbons (Fsp3) is 0.214. The Morgan fingerprint density at radius 2 is 1.89 bits per heavy atom. The molecule has 4 nitrogen and oxygen atoms in total. The van der Waals surface area contributed by atoms with Crippen molar-refractivity contribution in [2.24, 2.45) is 0 Å². The fourth-order valence-electron chi connectivity index (χ4n) is 1.71. The molecule has 0 fully saturated rings. The van der Waals surface area contributed by atoms with Crippen LogP contribution in [0.3, 0.4) is 0 Å². The number of nitrogens with one attached hydrogen (secondary N) is 1. The first-order chi connectivity index (χ1) is 9.04. The molecule has 19 heavy (non-hydrogen) atoms. The van der Waals surface area contributed by atoms with Crippen molar-refractivity contribution in [1.82, 2.24) is 15.3 Å². The van der Waals surface area contributed by atoms with E-state index in [2.05, 4.69) is 15.3 Å². The molecule has 0 spiro atoms. The smallest absolute Gasteiger partial charge is 0.270 e. The first-order valence-electron chi connectivity index (χ1n) is 5.89. The number of carbonyl (C=O) groups is 1. The summed E-state index contributed by atoms with van der Waals surface area (Å²) in [7, 11) is 0. The van der Waals surface area contributed by atoms with Crippen LogP contribution in [0.4, 0.5) is 4.39 Å². The van der Waals surface area contributed by atoms with Crippen LogP contribution >= 0.6 is 0 Å². The summed E-state index contributed by atoms with van der Waals surface area (Å²) in [6, 6.07) is 7.62. The molecule has 0 radical (unpaired) electrons. The molecular formula is C14H14FN3O. The van der Waals surface area contributed by atoms with Crippen LogP contribution < -0.4 is 5.32 Å². The Balaban J connectivity index is 2.03. The Morgan fingerprint density at radius 3 is 2.53 bits per heavy atom. The van der Waals surface area contributed by atoms with Crippen molar-refractivity contribution in [3.8, 4) is 0 Å². The third-order valence-corrected chi connectivity index (χ3v) is 2.56. The SMILES string of the molecule is Cc1cc(C(=O)NCc2ccc(F)cc2)nc(C)n1. The topological polar surface area (TPSA) is 54.9 Å². The minimum atomic E-state index is -0.294. The quantitative estimate of drug-likeness (QED) is 0.919. The van der Waals surface area contributed by atoms with Gasteiger partial charge in [-0.15, -0.1) is 0 Å². The number of carbonyl (C=O) groups excluding carboxylic acids is 1. The summed E-state index contributed by atoms with van der Waals surface area (Å²) >= 11 is 0. The number of aryl methyl sites for hydroxylation is 2. The van der Waals surface area contributed by atoms with E-state index in [9.17, 15) is 9.18 Å². The minimum absolute atomic E-state index is 0.266.